The van der Waals surface area contributed by atoms with Crippen LogP contribution >= 0.6 is 0 Å². The van der Waals surface area contributed by atoms with Crippen LogP contribution in [0.25, 0.3) is 11.1 Å². The molecule has 2 aliphatic rings. The molecule has 124 valence electrons. The first-order valence-corrected chi connectivity index (χ1v) is 7.77. The normalized spacial score (nSPS) is 19.7. The molecular weight excluding hydrogens is 329 g/mol. The molecule has 1 unspecified atom stereocenters. The van der Waals surface area contributed by atoms with Crippen LogP contribution in [0.1, 0.15) is 43.3 Å². The number of hydrogen-bond donors (Lipinski definition) is 2. The highest BCUT2D eigenvalue weighted by molar-refractivity contribution is 5.88. The Labute approximate surface area is 149 Å². The van der Waals surface area contributed by atoms with E-state index in [2.05, 4.69) is 56.1 Å². The molecular formula is C18H23Cl2N3. The number of benzene rings is 1. The maximum absolute atomic E-state index is 4.94. The van der Waals surface area contributed by atoms with Gasteiger partial charge in [-0.1, -0.05) is 26.0 Å². The predicted molar refractivity (Wildman–Crippen MR) is 83.4 cm³/mol. The minimum Gasteiger partial charge on any atom is -1.00 e. The Morgan fingerprint density at radius 2 is 1.91 bits per heavy atom. The van der Waals surface area contributed by atoms with E-state index in [1.54, 1.807) is 0 Å². The molecule has 2 heterocycles. The van der Waals surface area contributed by atoms with Crippen LogP contribution in [-0.2, 0) is 6.42 Å². The van der Waals surface area contributed by atoms with Gasteiger partial charge in [-0.2, -0.15) is 0 Å². The molecule has 0 spiro atoms. The second-order valence-electron chi connectivity index (χ2n) is 7.32. The van der Waals surface area contributed by atoms with Crippen LogP contribution in [0.3, 0.4) is 0 Å². The molecule has 0 bridgehead atoms. The number of aryl methyl sites for hydroxylation is 1. The third kappa shape index (κ3) is 2.76. The number of rotatable bonds is 0. The molecule has 1 aliphatic carbocycles. The molecule has 0 saturated carbocycles. The van der Waals surface area contributed by atoms with E-state index in [1.807, 2.05) is 0 Å². The van der Waals surface area contributed by atoms with E-state index < -0.39 is 0 Å². The van der Waals surface area contributed by atoms with Crippen molar-refractivity contribution < 1.29 is 35.9 Å². The van der Waals surface area contributed by atoms with Crippen LogP contribution in [0.4, 0.5) is 11.4 Å². The van der Waals surface area contributed by atoms with Gasteiger partial charge in [0.05, 0.1) is 17.0 Å². The van der Waals surface area contributed by atoms with Gasteiger partial charge in [0.15, 0.2) is 5.69 Å². The second kappa shape index (κ2) is 6.06. The third-order valence-electron chi connectivity index (χ3n) is 4.93. The zero-order chi connectivity index (χ0) is 14.8. The highest BCUT2D eigenvalue weighted by atomic mass is 35.5. The average molecular weight is 352 g/mol. The molecule has 2 aromatic rings. The summed E-state index contributed by atoms with van der Waals surface area (Å²) in [4.78, 5) is 4.94. The molecule has 1 aromatic heterocycles. The van der Waals surface area contributed by atoms with Crippen molar-refractivity contribution in [2.75, 3.05) is 0 Å². The molecule has 4 rings (SSSR count). The smallest absolute Gasteiger partial charge is 0.164 e. The van der Waals surface area contributed by atoms with Crippen LogP contribution in [0.15, 0.2) is 24.3 Å². The SMILES string of the molecule is Cc1nc2c(c3c1[NH2+]c1ccccc1-3)C([NH3+])CC(C)(C)C2.[Cl-].[Cl-]. The zero-order valence-corrected chi connectivity index (χ0v) is 15.3. The van der Waals surface area contributed by atoms with E-state index in [4.69, 9.17) is 4.98 Å². The molecule has 5 heteroatoms. The number of pyridine rings is 1. The number of hydrogen-bond acceptors (Lipinski definition) is 1. The summed E-state index contributed by atoms with van der Waals surface area (Å²) in [6.07, 6.45) is 2.20. The molecule has 0 fully saturated rings. The first kappa shape index (κ1) is 18.2. The fourth-order valence-corrected chi connectivity index (χ4v) is 4.14. The molecule has 23 heavy (non-hydrogen) atoms. The largest absolute Gasteiger partial charge is 1.00 e. The fourth-order valence-electron chi connectivity index (χ4n) is 4.14. The lowest BCUT2D eigenvalue weighted by Gasteiger charge is -2.33. The Morgan fingerprint density at radius 1 is 1.22 bits per heavy atom. The molecule has 1 atom stereocenters. The highest BCUT2D eigenvalue weighted by Gasteiger charge is 2.40. The molecule has 0 radical (unpaired) electrons. The topological polar surface area (TPSA) is 57.1 Å². The van der Waals surface area contributed by atoms with E-state index in [9.17, 15) is 0 Å². The Morgan fingerprint density at radius 3 is 2.65 bits per heavy atom. The summed E-state index contributed by atoms with van der Waals surface area (Å²) in [5.74, 6) is 0. The number of aromatic nitrogens is 1. The van der Waals surface area contributed by atoms with E-state index in [-0.39, 0.29) is 24.8 Å². The van der Waals surface area contributed by atoms with Crippen LogP contribution in [-0.4, -0.2) is 4.98 Å². The fraction of sp³-hybridized carbons (Fsp3) is 0.389. The van der Waals surface area contributed by atoms with Crippen molar-refractivity contribution in [3.63, 3.8) is 0 Å². The quantitative estimate of drug-likeness (QED) is 0.400. The predicted octanol–water partition coefficient (Wildman–Crippen LogP) is -3.84. The summed E-state index contributed by atoms with van der Waals surface area (Å²) in [5, 5.41) is 2.29. The monoisotopic (exact) mass is 351 g/mol. The van der Waals surface area contributed by atoms with Crippen molar-refractivity contribution in [2.24, 2.45) is 5.41 Å². The summed E-state index contributed by atoms with van der Waals surface area (Å²) < 4.78 is 0. The van der Waals surface area contributed by atoms with Gasteiger partial charge in [0.2, 0.25) is 0 Å². The minimum atomic E-state index is 0. The van der Waals surface area contributed by atoms with Gasteiger partial charge in [0, 0.05) is 23.6 Å². The molecule has 0 saturated heterocycles. The molecule has 1 aromatic carbocycles. The molecule has 3 nitrogen and oxygen atoms in total. The van der Waals surface area contributed by atoms with Gasteiger partial charge in [-0.25, -0.2) is 0 Å². The Bertz CT molecular complexity index is 756. The number of fused-ring (bicyclic) bond motifs is 5. The average Bonchev–Trinajstić information content (AvgIpc) is 2.77. The van der Waals surface area contributed by atoms with Gasteiger partial charge in [-0.3, -0.25) is 10.3 Å². The van der Waals surface area contributed by atoms with Crippen LogP contribution < -0.4 is 35.9 Å². The second-order valence-corrected chi connectivity index (χ2v) is 7.32. The van der Waals surface area contributed by atoms with Gasteiger partial charge in [-0.05, 0) is 24.8 Å². The molecule has 5 N–H and O–H groups in total. The Hall–Kier alpha value is -1.13. The van der Waals surface area contributed by atoms with E-state index in [0.717, 1.165) is 18.5 Å². The number of quaternary nitrogens is 2. The summed E-state index contributed by atoms with van der Waals surface area (Å²) in [7, 11) is 0. The van der Waals surface area contributed by atoms with Crippen LogP contribution in [0, 0.1) is 12.3 Å². The van der Waals surface area contributed by atoms with Gasteiger partial charge in [0.25, 0.3) is 0 Å². The van der Waals surface area contributed by atoms with Crippen molar-refractivity contribution in [1.29, 1.82) is 0 Å². The number of halogens is 2. The van der Waals surface area contributed by atoms with Gasteiger partial charge < -0.3 is 30.5 Å². The van der Waals surface area contributed by atoms with Crippen molar-refractivity contribution in [3.8, 4) is 11.1 Å². The summed E-state index contributed by atoms with van der Waals surface area (Å²) in [6, 6.07) is 9.02. The van der Waals surface area contributed by atoms with Crippen LogP contribution in [0.5, 0.6) is 0 Å². The van der Waals surface area contributed by atoms with Gasteiger partial charge in [-0.15, -0.1) is 0 Å². The van der Waals surface area contributed by atoms with E-state index >= 15 is 0 Å². The Balaban J connectivity index is 0.000000960. The lowest BCUT2D eigenvalue weighted by molar-refractivity contribution is -0.474. The lowest BCUT2D eigenvalue weighted by Crippen LogP contribution is -3.00. The standard InChI is InChI=1S/C18H21N3.2ClH/c1-10-17-15(11-6-4-5-7-13(11)21-17)16-12(19)8-18(2,3)9-14(16)20-10;;/h4-7,12,21H,8-9,19H2,1-3H3;2*1H. The number of nitrogens with two attached hydrogens (primary N) is 1. The lowest BCUT2D eigenvalue weighted by atomic mass is 9.72. The summed E-state index contributed by atoms with van der Waals surface area (Å²) >= 11 is 0. The van der Waals surface area contributed by atoms with Crippen molar-refractivity contribution in [2.45, 2.75) is 39.7 Å². The molecule has 0 amide bonds. The zero-order valence-electron chi connectivity index (χ0n) is 13.8. The van der Waals surface area contributed by atoms with Crippen molar-refractivity contribution in [1.82, 2.24) is 4.98 Å². The van der Waals surface area contributed by atoms with Gasteiger partial charge in [0.1, 0.15) is 11.7 Å². The Kier molecular flexibility index (Phi) is 4.80. The van der Waals surface area contributed by atoms with E-state index in [1.165, 1.54) is 33.8 Å². The maximum Gasteiger partial charge on any atom is 0.164 e. The van der Waals surface area contributed by atoms with Crippen LogP contribution in [0.2, 0.25) is 0 Å². The summed E-state index contributed by atoms with van der Waals surface area (Å²) in [5.41, 5.74) is 14.0. The first-order chi connectivity index (χ1) is 9.96. The first-order valence-electron chi connectivity index (χ1n) is 7.77. The number of para-hydroxylation sites is 1. The number of nitrogens with zero attached hydrogens (tertiary/aromatic N) is 1. The van der Waals surface area contributed by atoms with Gasteiger partial charge >= 0.3 is 0 Å². The minimum absolute atomic E-state index is 0. The highest BCUT2D eigenvalue weighted by Crippen LogP contribution is 2.47. The maximum atomic E-state index is 4.94. The van der Waals surface area contributed by atoms with Crippen molar-refractivity contribution >= 4 is 11.4 Å². The van der Waals surface area contributed by atoms with Crippen molar-refractivity contribution in [3.05, 3.63) is 41.2 Å². The molecule has 1 aliphatic heterocycles. The summed E-state index contributed by atoms with van der Waals surface area (Å²) in [6.45, 7) is 6.80. The third-order valence-corrected chi connectivity index (χ3v) is 4.93. The van der Waals surface area contributed by atoms with E-state index in [0.29, 0.717) is 11.5 Å².